The van der Waals surface area contributed by atoms with Crippen molar-refractivity contribution < 1.29 is 0 Å². The van der Waals surface area contributed by atoms with Crippen LogP contribution in [0.1, 0.15) is 51.9 Å². The van der Waals surface area contributed by atoms with Crippen LogP contribution in [-0.4, -0.2) is 8.07 Å². The van der Waals surface area contributed by atoms with E-state index in [0.29, 0.717) is 0 Å². The highest BCUT2D eigenvalue weighted by Gasteiger charge is 2.18. The molecule has 0 saturated heterocycles. The van der Waals surface area contributed by atoms with Gasteiger partial charge in [0.25, 0.3) is 0 Å². The molecule has 0 nitrogen and oxygen atoms in total. The predicted octanol–water partition coefficient (Wildman–Crippen LogP) is 5.45. The van der Waals surface area contributed by atoms with Crippen LogP contribution >= 0.6 is 0 Å². The van der Waals surface area contributed by atoms with Gasteiger partial charge in [0.1, 0.15) is 8.07 Å². The van der Waals surface area contributed by atoms with Gasteiger partial charge in [-0.15, -0.1) is 0 Å². The van der Waals surface area contributed by atoms with Crippen LogP contribution in [0.4, 0.5) is 0 Å². The molecule has 0 bridgehead atoms. The number of benzene rings is 1. The molecule has 0 N–H and O–H groups in total. The van der Waals surface area contributed by atoms with Crippen molar-refractivity contribution in [2.24, 2.45) is 0 Å². The second kappa shape index (κ2) is 9.14. The first kappa shape index (κ1) is 16.2. The molecular weight excluding hydrogens is 244 g/mol. The highest BCUT2D eigenvalue weighted by atomic mass is 28.3. The van der Waals surface area contributed by atoms with Crippen molar-refractivity contribution in [3.8, 4) is 0 Å². The molecule has 1 aromatic carbocycles. The lowest BCUT2D eigenvalue weighted by Crippen LogP contribution is -2.39. The van der Waals surface area contributed by atoms with Gasteiger partial charge in [0, 0.05) is 0 Å². The van der Waals surface area contributed by atoms with Crippen LogP contribution in [0.25, 0.3) is 0 Å². The summed E-state index contributed by atoms with van der Waals surface area (Å²) in [7, 11) is -1.34. The number of unbranched alkanes of at least 4 members (excludes halogenated alkanes) is 6. The van der Waals surface area contributed by atoms with E-state index in [-0.39, 0.29) is 0 Å². The quantitative estimate of drug-likeness (QED) is 0.415. The van der Waals surface area contributed by atoms with E-state index in [1.807, 2.05) is 0 Å². The first-order valence-electron chi connectivity index (χ1n) is 7.90. The second-order valence-corrected chi connectivity index (χ2v) is 10.4. The van der Waals surface area contributed by atoms with E-state index in [4.69, 9.17) is 0 Å². The summed E-state index contributed by atoms with van der Waals surface area (Å²) in [5.74, 6) is 0. The predicted molar refractivity (Wildman–Crippen MR) is 90.7 cm³/mol. The fourth-order valence-corrected chi connectivity index (χ4v) is 4.38. The molecule has 19 heavy (non-hydrogen) atoms. The molecule has 0 unspecified atom stereocenters. The van der Waals surface area contributed by atoms with Crippen molar-refractivity contribution in [3.05, 3.63) is 42.1 Å². The molecule has 0 saturated carbocycles. The summed E-state index contributed by atoms with van der Waals surface area (Å²) in [6.07, 6.45) is 12.0. The SMILES string of the molecule is CCCCCCCC/C=C\[Si](C)(C)c1ccccc1. The highest BCUT2D eigenvalue weighted by Crippen LogP contribution is 2.09. The number of hydrogen-bond donors (Lipinski definition) is 0. The molecule has 0 aliphatic carbocycles. The Bertz CT molecular complexity index is 351. The standard InChI is InChI=1S/C18H30Si/c1-4-5-6-7-8-9-10-14-17-19(2,3)18-15-12-11-13-16-18/h11-17H,4-10H2,1-3H3/b17-14-. The average molecular weight is 275 g/mol. The van der Waals surface area contributed by atoms with Crippen LogP contribution in [0.5, 0.6) is 0 Å². The zero-order valence-corrected chi connectivity index (χ0v) is 14.0. The van der Waals surface area contributed by atoms with Gasteiger partial charge in [-0.25, -0.2) is 0 Å². The van der Waals surface area contributed by atoms with Crippen LogP contribution in [0, 0.1) is 0 Å². The lowest BCUT2D eigenvalue weighted by molar-refractivity contribution is 0.611. The maximum absolute atomic E-state index is 2.51. The molecule has 0 spiro atoms. The third-order valence-electron chi connectivity index (χ3n) is 3.78. The summed E-state index contributed by atoms with van der Waals surface area (Å²) in [4.78, 5) is 0. The molecule has 0 amide bonds. The van der Waals surface area contributed by atoms with Gasteiger partial charge in [-0.05, 0) is 12.8 Å². The molecule has 1 rings (SSSR count). The smallest absolute Gasteiger partial charge is 0.0943 e. The van der Waals surface area contributed by atoms with E-state index >= 15 is 0 Å². The lowest BCUT2D eigenvalue weighted by Gasteiger charge is -2.18. The molecular formula is C18H30Si. The maximum Gasteiger partial charge on any atom is 0.103 e. The summed E-state index contributed by atoms with van der Waals surface area (Å²) >= 11 is 0. The van der Waals surface area contributed by atoms with Crippen molar-refractivity contribution in [1.82, 2.24) is 0 Å². The molecule has 0 radical (unpaired) electrons. The van der Waals surface area contributed by atoms with Gasteiger partial charge in [-0.2, -0.15) is 0 Å². The van der Waals surface area contributed by atoms with Crippen LogP contribution < -0.4 is 5.19 Å². The minimum Gasteiger partial charge on any atom is -0.0943 e. The molecule has 0 aliphatic rings. The third-order valence-corrected chi connectivity index (χ3v) is 6.67. The van der Waals surface area contributed by atoms with Crippen LogP contribution in [0.3, 0.4) is 0 Å². The summed E-state index contributed by atoms with van der Waals surface area (Å²) < 4.78 is 0. The zero-order valence-electron chi connectivity index (χ0n) is 13.0. The van der Waals surface area contributed by atoms with Gasteiger partial charge in [0.2, 0.25) is 0 Å². The van der Waals surface area contributed by atoms with Gasteiger partial charge in [-0.1, -0.05) is 99.4 Å². The topological polar surface area (TPSA) is 0 Å². The van der Waals surface area contributed by atoms with Gasteiger partial charge < -0.3 is 0 Å². The van der Waals surface area contributed by atoms with Crippen LogP contribution in [-0.2, 0) is 0 Å². The Morgan fingerprint density at radius 2 is 1.53 bits per heavy atom. The fourth-order valence-electron chi connectivity index (χ4n) is 2.38. The first-order valence-corrected chi connectivity index (χ1v) is 11.0. The van der Waals surface area contributed by atoms with Gasteiger partial charge in [0.05, 0.1) is 0 Å². The second-order valence-electron chi connectivity index (χ2n) is 6.05. The molecule has 0 aliphatic heterocycles. The Kier molecular flexibility index (Phi) is 7.81. The van der Waals surface area contributed by atoms with Crippen molar-refractivity contribution in [2.75, 3.05) is 0 Å². The first-order chi connectivity index (χ1) is 9.17. The molecule has 1 aromatic rings. The molecule has 0 fully saturated rings. The average Bonchev–Trinajstić information content (AvgIpc) is 2.43. The maximum atomic E-state index is 2.51. The van der Waals surface area contributed by atoms with Crippen molar-refractivity contribution in [1.29, 1.82) is 0 Å². The van der Waals surface area contributed by atoms with Gasteiger partial charge >= 0.3 is 0 Å². The van der Waals surface area contributed by atoms with Crippen molar-refractivity contribution in [3.63, 3.8) is 0 Å². The van der Waals surface area contributed by atoms with E-state index in [2.05, 4.69) is 62.1 Å². The molecule has 0 atom stereocenters. The van der Waals surface area contributed by atoms with E-state index in [9.17, 15) is 0 Å². The van der Waals surface area contributed by atoms with Crippen LogP contribution in [0.15, 0.2) is 42.1 Å². The molecule has 0 heterocycles. The highest BCUT2D eigenvalue weighted by molar-refractivity contribution is 6.93. The Balaban J connectivity index is 2.24. The van der Waals surface area contributed by atoms with E-state index in [0.717, 1.165) is 0 Å². The summed E-state index contributed by atoms with van der Waals surface area (Å²) in [5.41, 5.74) is 2.51. The van der Waals surface area contributed by atoms with Gasteiger partial charge in [-0.3, -0.25) is 0 Å². The normalized spacial score (nSPS) is 12.2. The van der Waals surface area contributed by atoms with Crippen LogP contribution in [0.2, 0.25) is 13.1 Å². The summed E-state index contributed by atoms with van der Waals surface area (Å²) in [5, 5.41) is 1.54. The van der Waals surface area contributed by atoms with Crippen molar-refractivity contribution in [2.45, 2.75) is 65.0 Å². The number of rotatable bonds is 9. The fraction of sp³-hybridized carbons (Fsp3) is 0.556. The number of allylic oxidation sites excluding steroid dienone is 1. The third kappa shape index (κ3) is 6.77. The lowest BCUT2D eigenvalue weighted by atomic mass is 10.1. The molecule has 0 aromatic heterocycles. The zero-order chi connectivity index (χ0) is 14.0. The van der Waals surface area contributed by atoms with E-state index in [1.54, 1.807) is 0 Å². The summed E-state index contributed by atoms with van der Waals surface area (Å²) in [6, 6.07) is 11.0. The van der Waals surface area contributed by atoms with E-state index < -0.39 is 8.07 Å². The largest absolute Gasteiger partial charge is 0.103 e. The minimum atomic E-state index is -1.34. The van der Waals surface area contributed by atoms with Gasteiger partial charge in [0.15, 0.2) is 0 Å². The number of hydrogen-bond acceptors (Lipinski definition) is 0. The molecule has 1 heteroatoms. The Morgan fingerprint density at radius 3 is 2.21 bits per heavy atom. The molecule has 106 valence electrons. The monoisotopic (exact) mass is 274 g/mol. The van der Waals surface area contributed by atoms with E-state index in [1.165, 1.54) is 50.1 Å². The Hall–Kier alpha value is -0.823. The minimum absolute atomic E-state index is 1.26. The summed E-state index contributed by atoms with van der Waals surface area (Å²) in [6.45, 7) is 7.14. The Labute approximate surface area is 121 Å². The Morgan fingerprint density at radius 1 is 0.895 bits per heavy atom. The van der Waals surface area contributed by atoms with Crippen molar-refractivity contribution >= 4 is 13.3 Å².